The molecule has 4 N–H and O–H groups in total. The highest BCUT2D eigenvalue weighted by molar-refractivity contribution is 4.94. The summed E-state index contributed by atoms with van der Waals surface area (Å²) < 4.78 is 6.11. The normalized spacial score (nSPS) is 41.9. The van der Waals surface area contributed by atoms with Gasteiger partial charge in [0.25, 0.3) is 0 Å². The first kappa shape index (κ1) is 22.4. The molecule has 1 heterocycles. The number of hydrogen-bond donors (Lipinski definition) is 4. The van der Waals surface area contributed by atoms with Crippen molar-refractivity contribution in [3.8, 4) is 0 Å². The summed E-state index contributed by atoms with van der Waals surface area (Å²) >= 11 is 0. The van der Waals surface area contributed by atoms with E-state index in [9.17, 15) is 20.4 Å². The number of rotatable bonds is 9. The number of likely N-dealkylation sites (tertiary alicyclic amines) is 1. The molecule has 0 amide bonds. The second-order valence-corrected chi connectivity index (χ2v) is 9.91. The Labute approximate surface area is 169 Å². The second kappa shape index (κ2) is 10.2. The molecule has 6 heteroatoms. The molecule has 3 fully saturated rings. The van der Waals surface area contributed by atoms with E-state index in [4.69, 9.17) is 4.74 Å². The molecule has 2 aliphatic carbocycles. The van der Waals surface area contributed by atoms with Gasteiger partial charge in [-0.3, -0.25) is 4.90 Å². The monoisotopic (exact) mass is 399 g/mol. The number of piperidine rings is 1. The Hall–Kier alpha value is -0.240. The van der Waals surface area contributed by atoms with Crippen LogP contribution in [0.3, 0.4) is 0 Å². The van der Waals surface area contributed by atoms with Gasteiger partial charge in [-0.1, -0.05) is 19.8 Å². The van der Waals surface area contributed by atoms with Crippen LogP contribution in [0.4, 0.5) is 0 Å². The van der Waals surface area contributed by atoms with Gasteiger partial charge in [-0.05, 0) is 68.7 Å². The van der Waals surface area contributed by atoms with Crippen LogP contribution in [0.1, 0.15) is 64.7 Å². The highest BCUT2D eigenvalue weighted by Crippen LogP contribution is 2.51. The largest absolute Gasteiger partial charge is 0.395 e. The number of nitrogens with zero attached hydrogens (tertiary/aromatic N) is 1. The predicted molar refractivity (Wildman–Crippen MR) is 108 cm³/mol. The molecule has 0 aromatic rings. The first-order chi connectivity index (χ1) is 13.4. The summed E-state index contributed by atoms with van der Waals surface area (Å²) in [6, 6.07) is -0.499. The van der Waals surface area contributed by atoms with Crippen molar-refractivity contribution in [1.82, 2.24) is 4.90 Å². The Kier molecular flexibility index (Phi) is 8.16. The van der Waals surface area contributed by atoms with Gasteiger partial charge in [0.15, 0.2) is 0 Å². The second-order valence-electron chi connectivity index (χ2n) is 9.91. The molecule has 6 nitrogen and oxygen atoms in total. The molecule has 1 saturated heterocycles. The molecule has 3 aliphatic rings. The van der Waals surface area contributed by atoms with Crippen LogP contribution in [0.15, 0.2) is 0 Å². The van der Waals surface area contributed by atoms with Gasteiger partial charge in [0, 0.05) is 13.2 Å². The average Bonchev–Trinajstić information content (AvgIpc) is 2.65. The van der Waals surface area contributed by atoms with Gasteiger partial charge in [0.2, 0.25) is 0 Å². The first-order valence-electron chi connectivity index (χ1n) is 11.4. The van der Waals surface area contributed by atoms with Crippen LogP contribution >= 0.6 is 0 Å². The minimum absolute atomic E-state index is 0.213. The summed E-state index contributed by atoms with van der Waals surface area (Å²) in [5, 5.41) is 39.2. The molecule has 2 saturated carbocycles. The number of aliphatic hydroxyl groups is 4. The van der Waals surface area contributed by atoms with Crippen LogP contribution in [-0.2, 0) is 4.74 Å². The third kappa shape index (κ3) is 5.46. The molecule has 0 spiro atoms. The number of fused-ring (bicyclic) bond motifs is 2. The lowest BCUT2D eigenvalue weighted by Crippen LogP contribution is -2.62. The fourth-order valence-electron chi connectivity index (χ4n) is 6.17. The van der Waals surface area contributed by atoms with Crippen LogP contribution in [0, 0.1) is 17.3 Å². The smallest absolute Gasteiger partial charge is 0.109 e. The molecule has 2 bridgehead atoms. The van der Waals surface area contributed by atoms with E-state index >= 15 is 0 Å². The Balaban J connectivity index is 1.31. The molecule has 7 atom stereocenters. The van der Waals surface area contributed by atoms with Gasteiger partial charge in [-0.25, -0.2) is 0 Å². The van der Waals surface area contributed by atoms with Crippen molar-refractivity contribution in [1.29, 1.82) is 0 Å². The number of hydrogen-bond acceptors (Lipinski definition) is 6. The summed E-state index contributed by atoms with van der Waals surface area (Å²) in [7, 11) is 0. The van der Waals surface area contributed by atoms with Crippen molar-refractivity contribution in [3.63, 3.8) is 0 Å². The Morgan fingerprint density at radius 3 is 2.68 bits per heavy atom. The number of β-amino-alcohol motifs (C(OH)–C–C–N with tert-alkyl or cyclic N) is 1. The zero-order valence-corrected chi connectivity index (χ0v) is 17.5. The minimum atomic E-state index is -1.18. The summed E-state index contributed by atoms with van der Waals surface area (Å²) in [6.07, 6.45) is 7.95. The van der Waals surface area contributed by atoms with Crippen molar-refractivity contribution >= 4 is 0 Å². The third-order valence-corrected chi connectivity index (χ3v) is 7.42. The van der Waals surface area contributed by atoms with Crippen molar-refractivity contribution < 1.29 is 25.2 Å². The van der Waals surface area contributed by atoms with E-state index in [1.165, 1.54) is 38.5 Å². The SMILES string of the molecule is CC1CC2CCCC(COCCCCCN3C[C@H](O)[C@@H](O)[C@H](O)[C@H]3CO)(C1)C2. The highest BCUT2D eigenvalue weighted by Gasteiger charge is 2.42. The van der Waals surface area contributed by atoms with E-state index in [1.54, 1.807) is 0 Å². The van der Waals surface area contributed by atoms with Crippen LogP contribution < -0.4 is 0 Å². The van der Waals surface area contributed by atoms with E-state index in [0.29, 0.717) is 18.5 Å². The van der Waals surface area contributed by atoms with Crippen LogP contribution in [0.25, 0.3) is 0 Å². The first-order valence-corrected chi connectivity index (χ1v) is 11.4. The van der Waals surface area contributed by atoms with E-state index in [1.807, 2.05) is 4.90 Å². The van der Waals surface area contributed by atoms with E-state index < -0.39 is 24.4 Å². The lowest BCUT2D eigenvalue weighted by molar-refractivity contribution is -0.145. The highest BCUT2D eigenvalue weighted by atomic mass is 16.5. The molecule has 1 aliphatic heterocycles. The topological polar surface area (TPSA) is 93.4 Å². The lowest BCUT2D eigenvalue weighted by Gasteiger charge is -2.47. The van der Waals surface area contributed by atoms with Gasteiger partial charge in [-0.2, -0.15) is 0 Å². The number of ether oxygens (including phenoxy) is 1. The minimum Gasteiger partial charge on any atom is -0.395 e. The molecule has 164 valence electrons. The number of unbranched alkanes of at least 4 members (excludes halogenated alkanes) is 2. The predicted octanol–water partition coefficient (Wildman–Crippen LogP) is 1.54. The molecular weight excluding hydrogens is 358 g/mol. The van der Waals surface area contributed by atoms with Crippen molar-refractivity contribution in [2.75, 3.05) is 32.9 Å². The zero-order chi connectivity index (χ0) is 20.1. The van der Waals surface area contributed by atoms with Crippen LogP contribution in [0.2, 0.25) is 0 Å². The van der Waals surface area contributed by atoms with Crippen LogP contribution in [-0.4, -0.2) is 82.6 Å². The van der Waals surface area contributed by atoms with Gasteiger partial charge in [-0.15, -0.1) is 0 Å². The molecule has 3 unspecified atom stereocenters. The fraction of sp³-hybridized carbons (Fsp3) is 1.00. The van der Waals surface area contributed by atoms with Crippen LogP contribution in [0.5, 0.6) is 0 Å². The van der Waals surface area contributed by atoms with E-state index in [-0.39, 0.29) is 6.61 Å². The Bertz CT molecular complexity index is 474. The zero-order valence-electron chi connectivity index (χ0n) is 17.5. The molecule has 0 aromatic carbocycles. The van der Waals surface area contributed by atoms with Gasteiger partial charge >= 0.3 is 0 Å². The van der Waals surface area contributed by atoms with E-state index in [0.717, 1.165) is 44.3 Å². The summed E-state index contributed by atoms with van der Waals surface area (Å²) in [5.41, 5.74) is 0.440. The quantitative estimate of drug-likeness (QED) is 0.440. The third-order valence-electron chi connectivity index (χ3n) is 7.42. The van der Waals surface area contributed by atoms with Crippen molar-refractivity contribution in [2.24, 2.45) is 17.3 Å². The molecule has 28 heavy (non-hydrogen) atoms. The van der Waals surface area contributed by atoms with E-state index in [2.05, 4.69) is 6.92 Å². The summed E-state index contributed by atoms with van der Waals surface area (Å²) in [4.78, 5) is 1.90. The van der Waals surface area contributed by atoms with Gasteiger partial charge in [0.1, 0.15) is 12.2 Å². The standard InChI is InChI=1S/C22H41NO5/c1-16-10-17-6-5-7-22(11-16,12-17)15-28-9-4-2-3-8-23-13-19(25)21(27)20(26)18(23)14-24/h16-21,24-27H,2-15H2,1H3/t16?,17?,18-,19+,20-,21-,22?/m1/s1. The maximum absolute atomic E-state index is 10.0. The molecule has 0 radical (unpaired) electrons. The molecular formula is C22H41NO5. The van der Waals surface area contributed by atoms with Gasteiger partial charge in [0.05, 0.1) is 25.4 Å². The van der Waals surface area contributed by atoms with Crippen molar-refractivity contribution in [3.05, 3.63) is 0 Å². The maximum atomic E-state index is 10.0. The maximum Gasteiger partial charge on any atom is 0.109 e. The van der Waals surface area contributed by atoms with Gasteiger partial charge < -0.3 is 25.2 Å². The molecule has 3 rings (SSSR count). The Morgan fingerprint density at radius 2 is 1.89 bits per heavy atom. The van der Waals surface area contributed by atoms with Crippen molar-refractivity contribution in [2.45, 2.75) is 89.1 Å². The lowest BCUT2D eigenvalue weighted by atomic mass is 9.59. The Morgan fingerprint density at radius 1 is 1.07 bits per heavy atom. The molecule has 0 aromatic heterocycles. The number of aliphatic hydroxyl groups excluding tert-OH is 4. The summed E-state index contributed by atoms with van der Waals surface area (Å²) in [6.45, 7) is 4.91. The fourth-order valence-corrected chi connectivity index (χ4v) is 6.17. The average molecular weight is 400 g/mol. The summed E-state index contributed by atoms with van der Waals surface area (Å²) in [5.74, 6) is 1.77.